The van der Waals surface area contributed by atoms with Gasteiger partial charge in [-0.3, -0.25) is 0 Å². The summed E-state index contributed by atoms with van der Waals surface area (Å²) in [5, 5.41) is 0.784. The summed E-state index contributed by atoms with van der Waals surface area (Å²) in [6.07, 6.45) is 0. The van der Waals surface area contributed by atoms with Gasteiger partial charge < -0.3 is 19.2 Å². The summed E-state index contributed by atoms with van der Waals surface area (Å²) >= 11 is 0. The Bertz CT molecular complexity index is 518. The highest BCUT2D eigenvalue weighted by Gasteiger charge is 2.15. The van der Waals surface area contributed by atoms with Gasteiger partial charge in [-0.1, -0.05) is 0 Å². The average molecular weight is 235 g/mol. The average Bonchev–Trinajstić information content (AvgIpc) is 2.81. The highest BCUT2D eigenvalue weighted by molar-refractivity contribution is 5.99. The molecule has 2 aromatic rings. The van der Waals surface area contributed by atoms with Crippen molar-refractivity contribution in [1.29, 1.82) is 0 Å². The summed E-state index contributed by atoms with van der Waals surface area (Å²) in [6, 6.07) is 5.25. The predicted octanol–water partition coefficient (Wildman–Crippen LogP) is 1.97. The smallest absolute Gasteiger partial charge is 0.354 e. The Hall–Kier alpha value is -2.17. The third-order valence-electron chi connectivity index (χ3n) is 2.56. The second kappa shape index (κ2) is 4.37. The van der Waals surface area contributed by atoms with Crippen LogP contribution in [0.25, 0.3) is 10.9 Å². The van der Waals surface area contributed by atoms with E-state index in [0.717, 1.165) is 5.39 Å². The van der Waals surface area contributed by atoms with Gasteiger partial charge in [0.15, 0.2) is 0 Å². The van der Waals surface area contributed by atoms with Crippen LogP contribution < -0.4 is 9.47 Å². The minimum absolute atomic E-state index is 0.366. The predicted molar refractivity (Wildman–Crippen MR) is 62.7 cm³/mol. The molecule has 0 bridgehead atoms. The van der Waals surface area contributed by atoms with E-state index >= 15 is 0 Å². The van der Waals surface area contributed by atoms with E-state index in [9.17, 15) is 4.79 Å². The van der Waals surface area contributed by atoms with Crippen molar-refractivity contribution < 1.29 is 19.0 Å². The lowest BCUT2D eigenvalue weighted by atomic mass is 10.2. The number of carbonyl (C=O) groups is 1. The number of esters is 1. The summed E-state index contributed by atoms with van der Waals surface area (Å²) in [7, 11) is 4.48. The van der Waals surface area contributed by atoms with Gasteiger partial charge in [0, 0.05) is 5.39 Å². The number of carbonyl (C=O) groups excluding carboxylic acids is 1. The Morgan fingerprint density at radius 1 is 1.12 bits per heavy atom. The molecule has 0 saturated carbocycles. The minimum atomic E-state index is -0.426. The maximum absolute atomic E-state index is 11.4. The number of hydrogen-bond acceptors (Lipinski definition) is 4. The van der Waals surface area contributed by atoms with Crippen LogP contribution >= 0.6 is 0 Å². The SMILES string of the molecule is COC(=O)c1cc2c(OC)ccc(OC)c2[nH]1. The van der Waals surface area contributed by atoms with Crippen LogP contribution in [-0.2, 0) is 4.74 Å². The molecule has 1 aromatic heterocycles. The number of methoxy groups -OCH3 is 3. The molecule has 5 nitrogen and oxygen atoms in total. The van der Waals surface area contributed by atoms with E-state index in [-0.39, 0.29) is 0 Å². The second-order valence-electron chi connectivity index (χ2n) is 3.43. The summed E-state index contributed by atoms with van der Waals surface area (Å²) in [5.41, 5.74) is 1.08. The highest BCUT2D eigenvalue weighted by Crippen LogP contribution is 2.33. The van der Waals surface area contributed by atoms with Gasteiger partial charge in [-0.15, -0.1) is 0 Å². The molecule has 5 heteroatoms. The molecule has 0 aliphatic rings. The number of fused-ring (bicyclic) bond motifs is 1. The van der Waals surface area contributed by atoms with Crippen molar-refractivity contribution in [2.75, 3.05) is 21.3 Å². The van der Waals surface area contributed by atoms with Crippen molar-refractivity contribution in [3.05, 3.63) is 23.9 Å². The second-order valence-corrected chi connectivity index (χ2v) is 3.43. The molecule has 0 spiro atoms. The molecule has 0 unspecified atom stereocenters. The Labute approximate surface area is 98.3 Å². The van der Waals surface area contributed by atoms with Crippen LogP contribution in [0.5, 0.6) is 11.5 Å². The molecular formula is C12H13NO4. The third kappa shape index (κ3) is 1.80. The fraction of sp³-hybridized carbons (Fsp3) is 0.250. The van der Waals surface area contributed by atoms with Gasteiger partial charge in [0.25, 0.3) is 0 Å². The number of nitrogens with one attached hydrogen (secondary N) is 1. The molecule has 0 radical (unpaired) electrons. The fourth-order valence-corrected chi connectivity index (χ4v) is 1.74. The Kier molecular flexibility index (Phi) is 2.91. The van der Waals surface area contributed by atoms with Crippen LogP contribution in [0.2, 0.25) is 0 Å². The molecule has 2 rings (SSSR count). The summed E-state index contributed by atoms with van der Waals surface area (Å²) in [6.45, 7) is 0. The van der Waals surface area contributed by atoms with Crippen LogP contribution in [0.3, 0.4) is 0 Å². The van der Waals surface area contributed by atoms with Gasteiger partial charge in [-0.05, 0) is 18.2 Å². The van der Waals surface area contributed by atoms with E-state index in [1.54, 1.807) is 32.4 Å². The highest BCUT2D eigenvalue weighted by atomic mass is 16.5. The van der Waals surface area contributed by atoms with Crippen molar-refractivity contribution in [2.45, 2.75) is 0 Å². The largest absolute Gasteiger partial charge is 0.496 e. The molecule has 0 saturated heterocycles. The lowest BCUT2D eigenvalue weighted by molar-refractivity contribution is 0.0595. The van der Waals surface area contributed by atoms with Crippen LogP contribution in [-0.4, -0.2) is 32.3 Å². The number of benzene rings is 1. The number of aromatic nitrogens is 1. The molecule has 0 aliphatic heterocycles. The zero-order valence-electron chi connectivity index (χ0n) is 9.87. The first kappa shape index (κ1) is 11.3. The molecule has 0 fully saturated rings. The molecule has 0 aliphatic carbocycles. The first-order valence-electron chi connectivity index (χ1n) is 5.03. The van der Waals surface area contributed by atoms with Crippen LogP contribution in [0.4, 0.5) is 0 Å². The zero-order valence-corrected chi connectivity index (χ0v) is 9.87. The lowest BCUT2D eigenvalue weighted by Crippen LogP contribution is -2.00. The number of ether oxygens (including phenoxy) is 3. The summed E-state index contributed by atoms with van der Waals surface area (Å²) in [5.74, 6) is 0.897. The van der Waals surface area contributed by atoms with Gasteiger partial charge in [-0.25, -0.2) is 4.79 Å². The number of H-pyrrole nitrogens is 1. The summed E-state index contributed by atoms with van der Waals surface area (Å²) in [4.78, 5) is 14.4. The fourth-order valence-electron chi connectivity index (χ4n) is 1.74. The zero-order chi connectivity index (χ0) is 12.4. The monoisotopic (exact) mass is 235 g/mol. The Balaban J connectivity index is 2.68. The van der Waals surface area contributed by atoms with E-state index in [1.807, 2.05) is 0 Å². The van der Waals surface area contributed by atoms with E-state index < -0.39 is 5.97 Å². The minimum Gasteiger partial charge on any atom is -0.496 e. The van der Waals surface area contributed by atoms with Crippen molar-refractivity contribution in [3.63, 3.8) is 0 Å². The number of rotatable bonds is 3. The molecule has 1 aromatic carbocycles. The van der Waals surface area contributed by atoms with Crippen LogP contribution in [0, 0.1) is 0 Å². The quantitative estimate of drug-likeness (QED) is 0.826. The van der Waals surface area contributed by atoms with E-state index in [1.165, 1.54) is 7.11 Å². The van der Waals surface area contributed by atoms with E-state index in [2.05, 4.69) is 9.72 Å². The Morgan fingerprint density at radius 3 is 2.35 bits per heavy atom. The normalized spacial score (nSPS) is 10.3. The van der Waals surface area contributed by atoms with Gasteiger partial charge in [0.05, 0.1) is 26.8 Å². The topological polar surface area (TPSA) is 60.6 Å². The Morgan fingerprint density at radius 2 is 1.76 bits per heavy atom. The molecule has 90 valence electrons. The van der Waals surface area contributed by atoms with Crippen LogP contribution in [0.1, 0.15) is 10.5 Å². The lowest BCUT2D eigenvalue weighted by Gasteiger charge is -2.05. The van der Waals surface area contributed by atoms with Crippen molar-refractivity contribution in [2.24, 2.45) is 0 Å². The van der Waals surface area contributed by atoms with E-state index in [4.69, 9.17) is 9.47 Å². The molecule has 17 heavy (non-hydrogen) atoms. The molecular weight excluding hydrogens is 222 g/mol. The van der Waals surface area contributed by atoms with Crippen molar-refractivity contribution in [3.8, 4) is 11.5 Å². The maximum Gasteiger partial charge on any atom is 0.354 e. The van der Waals surface area contributed by atoms with Crippen molar-refractivity contribution in [1.82, 2.24) is 4.98 Å². The number of hydrogen-bond donors (Lipinski definition) is 1. The first-order chi connectivity index (χ1) is 8.21. The molecule has 0 atom stereocenters. The standard InChI is InChI=1S/C12H13NO4/c1-15-9-4-5-10(16-2)11-7(9)6-8(13-11)12(14)17-3/h4-6,13H,1-3H3. The number of aromatic amines is 1. The van der Waals surface area contributed by atoms with Gasteiger partial charge >= 0.3 is 5.97 Å². The molecule has 1 heterocycles. The molecule has 1 N–H and O–H groups in total. The van der Waals surface area contributed by atoms with Crippen molar-refractivity contribution >= 4 is 16.9 Å². The third-order valence-corrected chi connectivity index (χ3v) is 2.56. The van der Waals surface area contributed by atoms with Gasteiger partial charge in [-0.2, -0.15) is 0 Å². The maximum atomic E-state index is 11.4. The van der Waals surface area contributed by atoms with E-state index in [0.29, 0.717) is 22.7 Å². The van der Waals surface area contributed by atoms with Crippen LogP contribution in [0.15, 0.2) is 18.2 Å². The first-order valence-corrected chi connectivity index (χ1v) is 5.03. The van der Waals surface area contributed by atoms with Gasteiger partial charge in [0.2, 0.25) is 0 Å². The van der Waals surface area contributed by atoms with Gasteiger partial charge in [0.1, 0.15) is 17.2 Å². The molecule has 0 amide bonds. The summed E-state index contributed by atoms with van der Waals surface area (Å²) < 4.78 is 15.1.